The number of ether oxygens (including phenoxy) is 1. The van der Waals surface area contributed by atoms with Gasteiger partial charge in [-0.3, -0.25) is 4.79 Å². The zero-order chi connectivity index (χ0) is 16.1. The molecule has 0 bridgehead atoms. The molecule has 0 atom stereocenters. The molecule has 0 saturated carbocycles. The average Bonchev–Trinajstić information content (AvgIpc) is 2.96. The smallest absolute Gasteiger partial charge is 0.271 e. The Morgan fingerprint density at radius 2 is 1.91 bits per heavy atom. The van der Waals surface area contributed by atoms with Crippen LogP contribution in [-0.2, 0) is 0 Å². The Bertz CT molecular complexity index is 754. The maximum absolute atomic E-state index is 11.9. The molecule has 0 radical (unpaired) electrons. The fourth-order valence-corrected chi connectivity index (χ4v) is 2.35. The molecule has 1 heterocycles. The molecule has 3 rings (SSSR count). The third-order valence-corrected chi connectivity index (χ3v) is 3.45. The first-order chi connectivity index (χ1) is 11.3. The number of rotatable bonds is 4. The van der Waals surface area contributed by atoms with Crippen molar-refractivity contribution in [1.82, 2.24) is 5.43 Å². The summed E-state index contributed by atoms with van der Waals surface area (Å²) in [4.78, 5) is 13.9. The number of fused-ring (bicyclic) bond motifs is 1. The second kappa shape index (κ2) is 6.79. The summed E-state index contributed by atoms with van der Waals surface area (Å²) in [7, 11) is 0. The first-order valence-corrected chi connectivity index (χ1v) is 7.42. The maximum atomic E-state index is 11.9. The van der Waals surface area contributed by atoms with Gasteiger partial charge in [0.2, 0.25) is 5.88 Å². The Labute approximate surface area is 134 Å². The number of anilines is 1. The van der Waals surface area contributed by atoms with E-state index in [0.29, 0.717) is 11.4 Å². The summed E-state index contributed by atoms with van der Waals surface area (Å²) >= 11 is 0. The van der Waals surface area contributed by atoms with Gasteiger partial charge in [-0.15, -0.1) is 0 Å². The van der Waals surface area contributed by atoms with Gasteiger partial charge in [0.05, 0.1) is 11.9 Å². The SMILES string of the molecule is CCN1/C(=C\C=N\NC(=O)c2ccccc2)Oc2ccccc21. The van der Waals surface area contributed by atoms with Crippen molar-refractivity contribution < 1.29 is 9.53 Å². The fourth-order valence-electron chi connectivity index (χ4n) is 2.35. The van der Waals surface area contributed by atoms with Gasteiger partial charge in [-0.2, -0.15) is 5.10 Å². The minimum atomic E-state index is -0.247. The number of hydrogen-bond donors (Lipinski definition) is 1. The van der Waals surface area contributed by atoms with E-state index in [1.807, 2.05) is 54.3 Å². The van der Waals surface area contributed by atoms with E-state index in [4.69, 9.17) is 4.74 Å². The number of carbonyl (C=O) groups excluding carboxylic acids is 1. The predicted molar refractivity (Wildman–Crippen MR) is 90.6 cm³/mol. The van der Waals surface area contributed by atoms with Crippen molar-refractivity contribution in [3.8, 4) is 5.75 Å². The van der Waals surface area contributed by atoms with Crippen molar-refractivity contribution in [2.24, 2.45) is 5.10 Å². The third-order valence-electron chi connectivity index (χ3n) is 3.45. The van der Waals surface area contributed by atoms with Crippen LogP contribution in [0.3, 0.4) is 0 Å². The Balaban J connectivity index is 1.65. The van der Waals surface area contributed by atoms with Crippen LogP contribution in [0.5, 0.6) is 5.75 Å². The zero-order valence-electron chi connectivity index (χ0n) is 12.8. The standard InChI is InChI=1S/C18H17N3O2/c1-2-21-15-10-6-7-11-16(15)23-17(21)12-13-19-20-18(22)14-8-4-3-5-9-14/h3-13H,2H2,1H3,(H,20,22)/b17-12+,19-13+. The zero-order valence-corrected chi connectivity index (χ0v) is 12.8. The molecule has 1 N–H and O–H groups in total. The third kappa shape index (κ3) is 3.23. The topological polar surface area (TPSA) is 53.9 Å². The molecule has 0 aromatic heterocycles. The summed E-state index contributed by atoms with van der Waals surface area (Å²) in [5.74, 6) is 1.26. The van der Waals surface area contributed by atoms with Crippen LogP contribution < -0.4 is 15.1 Å². The Kier molecular flexibility index (Phi) is 4.38. The number of hydrazone groups is 1. The number of hydrogen-bond acceptors (Lipinski definition) is 4. The van der Waals surface area contributed by atoms with E-state index < -0.39 is 0 Å². The van der Waals surface area contributed by atoms with Crippen molar-refractivity contribution in [1.29, 1.82) is 0 Å². The number of nitrogens with zero attached hydrogens (tertiary/aromatic N) is 2. The van der Waals surface area contributed by atoms with Crippen LogP contribution in [0.1, 0.15) is 17.3 Å². The Morgan fingerprint density at radius 1 is 1.17 bits per heavy atom. The average molecular weight is 307 g/mol. The van der Waals surface area contributed by atoms with Crippen LogP contribution in [0.4, 0.5) is 5.69 Å². The molecule has 5 heteroatoms. The molecule has 1 aliphatic rings. The second-order valence-corrected chi connectivity index (χ2v) is 4.90. The van der Waals surface area contributed by atoms with Crippen LogP contribution in [0.15, 0.2) is 71.7 Å². The van der Waals surface area contributed by atoms with Crippen molar-refractivity contribution >= 4 is 17.8 Å². The molecular formula is C18H17N3O2. The van der Waals surface area contributed by atoms with E-state index in [0.717, 1.165) is 18.0 Å². The Hall–Kier alpha value is -3.08. The first-order valence-electron chi connectivity index (χ1n) is 7.42. The lowest BCUT2D eigenvalue weighted by atomic mass is 10.2. The molecule has 23 heavy (non-hydrogen) atoms. The minimum Gasteiger partial charge on any atom is -0.439 e. The summed E-state index contributed by atoms with van der Waals surface area (Å²) in [6, 6.07) is 16.8. The van der Waals surface area contributed by atoms with Gasteiger partial charge < -0.3 is 9.64 Å². The van der Waals surface area contributed by atoms with E-state index in [9.17, 15) is 4.79 Å². The second-order valence-electron chi connectivity index (χ2n) is 4.90. The van der Waals surface area contributed by atoms with Gasteiger partial charge in [-0.05, 0) is 31.2 Å². The highest BCUT2D eigenvalue weighted by molar-refractivity contribution is 5.94. The summed E-state index contributed by atoms with van der Waals surface area (Å²) in [5, 5.41) is 3.94. The highest BCUT2D eigenvalue weighted by Crippen LogP contribution is 2.37. The number of para-hydroxylation sites is 2. The lowest BCUT2D eigenvalue weighted by Crippen LogP contribution is -2.20. The molecule has 0 aliphatic carbocycles. The molecule has 0 spiro atoms. The molecule has 5 nitrogen and oxygen atoms in total. The first kappa shape index (κ1) is 14.8. The lowest BCUT2D eigenvalue weighted by Gasteiger charge is -2.14. The van der Waals surface area contributed by atoms with Crippen LogP contribution in [0.2, 0.25) is 0 Å². The van der Waals surface area contributed by atoms with Gasteiger partial charge in [0.15, 0.2) is 5.75 Å². The van der Waals surface area contributed by atoms with Gasteiger partial charge in [0.25, 0.3) is 5.91 Å². The van der Waals surface area contributed by atoms with Gasteiger partial charge in [-0.25, -0.2) is 5.43 Å². The minimum absolute atomic E-state index is 0.247. The van der Waals surface area contributed by atoms with Crippen LogP contribution in [0, 0.1) is 0 Å². The van der Waals surface area contributed by atoms with Gasteiger partial charge >= 0.3 is 0 Å². The number of amides is 1. The summed E-state index contributed by atoms with van der Waals surface area (Å²) in [5.41, 5.74) is 4.09. The number of allylic oxidation sites excluding steroid dienone is 1. The van der Waals surface area contributed by atoms with Gasteiger partial charge in [-0.1, -0.05) is 30.3 Å². The van der Waals surface area contributed by atoms with Crippen molar-refractivity contribution in [2.75, 3.05) is 11.4 Å². The fraction of sp³-hybridized carbons (Fsp3) is 0.111. The Morgan fingerprint density at radius 3 is 2.70 bits per heavy atom. The molecule has 0 fully saturated rings. The summed E-state index contributed by atoms with van der Waals surface area (Å²) < 4.78 is 5.79. The molecule has 1 amide bonds. The van der Waals surface area contributed by atoms with E-state index in [1.165, 1.54) is 6.21 Å². The van der Waals surface area contributed by atoms with E-state index in [2.05, 4.69) is 10.5 Å². The summed E-state index contributed by atoms with van der Waals surface area (Å²) in [6.07, 6.45) is 3.25. The molecule has 0 saturated heterocycles. The van der Waals surface area contributed by atoms with Crippen LogP contribution in [-0.4, -0.2) is 18.7 Å². The van der Waals surface area contributed by atoms with E-state index in [1.54, 1.807) is 18.2 Å². The molecule has 116 valence electrons. The number of benzene rings is 2. The van der Waals surface area contributed by atoms with Crippen molar-refractivity contribution in [3.63, 3.8) is 0 Å². The largest absolute Gasteiger partial charge is 0.439 e. The predicted octanol–water partition coefficient (Wildman–Crippen LogP) is 3.16. The maximum Gasteiger partial charge on any atom is 0.271 e. The van der Waals surface area contributed by atoms with Crippen LogP contribution in [0.25, 0.3) is 0 Å². The normalized spacial score (nSPS) is 14.8. The highest BCUT2D eigenvalue weighted by atomic mass is 16.5. The molecule has 1 aliphatic heterocycles. The number of carbonyl (C=O) groups is 1. The van der Waals surface area contributed by atoms with Gasteiger partial charge in [0, 0.05) is 18.2 Å². The quantitative estimate of drug-likeness (QED) is 0.697. The van der Waals surface area contributed by atoms with Crippen molar-refractivity contribution in [2.45, 2.75) is 6.92 Å². The molecular weight excluding hydrogens is 290 g/mol. The lowest BCUT2D eigenvalue weighted by molar-refractivity contribution is 0.0955. The molecule has 0 unspecified atom stereocenters. The van der Waals surface area contributed by atoms with Crippen LogP contribution >= 0.6 is 0 Å². The van der Waals surface area contributed by atoms with Crippen molar-refractivity contribution in [3.05, 3.63) is 72.1 Å². The molecule has 2 aromatic carbocycles. The number of nitrogens with one attached hydrogen (secondary N) is 1. The molecule has 2 aromatic rings. The highest BCUT2D eigenvalue weighted by Gasteiger charge is 2.23. The van der Waals surface area contributed by atoms with E-state index >= 15 is 0 Å². The van der Waals surface area contributed by atoms with Gasteiger partial charge in [0.1, 0.15) is 0 Å². The van der Waals surface area contributed by atoms with E-state index in [-0.39, 0.29) is 5.91 Å². The summed E-state index contributed by atoms with van der Waals surface area (Å²) in [6.45, 7) is 2.83. The monoisotopic (exact) mass is 307 g/mol.